The topological polar surface area (TPSA) is 26.3 Å². The van der Waals surface area contributed by atoms with Crippen LogP contribution in [0.5, 0.6) is 0 Å². The summed E-state index contributed by atoms with van der Waals surface area (Å²) in [6.45, 7) is 14.4. The number of nitrogens with zero attached hydrogens (tertiary/aromatic N) is 1. The zero-order valence-corrected chi connectivity index (χ0v) is 15.2. The van der Waals surface area contributed by atoms with E-state index in [0.29, 0.717) is 6.61 Å². The number of ether oxygens (including phenoxy) is 1. The average molecular weight is 286 g/mol. The highest BCUT2D eigenvalue weighted by Gasteiger charge is 2.37. The first-order valence-corrected chi connectivity index (χ1v) is 7.75. The summed E-state index contributed by atoms with van der Waals surface area (Å²) >= 11 is 0. The zero-order valence-electron chi connectivity index (χ0n) is 15.2. The van der Waals surface area contributed by atoms with Gasteiger partial charge in [0.25, 0.3) is 0 Å². The van der Waals surface area contributed by atoms with Gasteiger partial charge in [-0.15, -0.1) is 0 Å². The molecular formula is C17H36NO2+. The smallest absolute Gasteiger partial charge is 0.309 e. The number of hydrogen-bond donors (Lipinski definition) is 0. The second-order valence-corrected chi connectivity index (χ2v) is 8.84. The van der Waals surface area contributed by atoms with E-state index in [9.17, 15) is 4.79 Å². The summed E-state index contributed by atoms with van der Waals surface area (Å²) in [5.41, 5.74) is 0.122. The van der Waals surface area contributed by atoms with Crippen LogP contribution in [0.25, 0.3) is 0 Å². The fourth-order valence-electron chi connectivity index (χ4n) is 2.06. The highest BCUT2D eigenvalue weighted by molar-refractivity contribution is 5.73. The summed E-state index contributed by atoms with van der Waals surface area (Å²) in [6.07, 6.45) is 1.86. The minimum Gasteiger partial charge on any atom is -0.459 e. The predicted molar refractivity (Wildman–Crippen MR) is 85.5 cm³/mol. The normalized spacial score (nSPS) is 15.1. The summed E-state index contributed by atoms with van der Waals surface area (Å²) < 4.78 is 6.37. The maximum atomic E-state index is 12.5. The van der Waals surface area contributed by atoms with Crippen molar-refractivity contribution in [3.63, 3.8) is 0 Å². The monoisotopic (exact) mass is 286 g/mol. The van der Waals surface area contributed by atoms with Gasteiger partial charge in [-0.1, -0.05) is 48.0 Å². The van der Waals surface area contributed by atoms with E-state index in [4.69, 9.17) is 4.74 Å². The molecule has 0 aromatic heterocycles. The Bertz CT molecular complexity index is 308. The van der Waals surface area contributed by atoms with E-state index in [1.807, 2.05) is 0 Å². The van der Waals surface area contributed by atoms with Gasteiger partial charge in [-0.25, -0.2) is 0 Å². The van der Waals surface area contributed by atoms with Crippen LogP contribution >= 0.6 is 0 Å². The first kappa shape index (κ1) is 19.4. The van der Waals surface area contributed by atoms with Gasteiger partial charge in [0, 0.05) is 0 Å². The zero-order chi connectivity index (χ0) is 16.2. The van der Waals surface area contributed by atoms with Gasteiger partial charge in [-0.05, 0) is 17.3 Å². The van der Waals surface area contributed by atoms with E-state index in [1.165, 1.54) is 0 Å². The van der Waals surface area contributed by atoms with E-state index < -0.39 is 0 Å². The number of carbonyl (C=O) groups is 1. The van der Waals surface area contributed by atoms with Crippen LogP contribution in [0.15, 0.2) is 0 Å². The molecule has 1 atom stereocenters. The molecule has 1 unspecified atom stereocenters. The lowest BCUT2D eigenvalue weighted by atomic mass is 9.70. The minimum absolute atomic E-state index is 0.0129. The molecule has 0 fully saturated rings. The Morgan fingerprint density at radius 3 is 1.95 bits per heavy atom. The second-order valence-electron chi connectivity index (χ2n) is 8.84. The van der Waals surface area contributed by atoms with Crippen LogP contribution in [0.1, 0.15) is 54.4 Å². The first-order chi connectivity index (χ1) is 8.78. The summed E-state index contributed by atoms with van der Waals surface area (Å²) in [6, 6.07) is 0. The second kappa shape index (κ2) is 6.93. The third kappa shape index (κ3) is 7.88. The van der Waals surface area contributed by atoms with Crippen molar-refractivity contribution >= 4 is 5.97 Å². The first-order valence-electron chi connectivity index (χ1n) is 7.75. The maximum Gasteiger partial charge on any atom is 0.309 e. The summed E-state index contributed by atoms with van der Waals surface area (Å²) in [5, 5.41) is 0. The lowest BCUT2D eigenvalue weighted by Gasteiger charge is -2.36. The molecule has 0 N–H and O–H groups in total. The number of carbonyl (C=O) groups excluding carboxylic acids is 1. The van der Waals surface area contributed by atoms with Gasteiger partial charge in [0.15, 0.2) is 0 Å². The van der Waals surface area contributed by atoms with Crippen molar-refractivity contribution in [3.8, 4) is 0 Å². The molecule has 0 aromatic carbocycles. The van der Waals surface area contributed by atoms with Gasteiger partial charge in [-0.3, -0.25) is 4.79 Å². The maximum absolute atomic E-state index is 12.5. The number of esters is 1. The summed E-state index contributed by atoms with van der Waals surface area (Å²) in [4.78, 5) is 12.5. The number of quaternary nitrogens is 1. The van der Waals surface area contributed by atoms with E-state index in [1.54, 1.807) is 0 Å². The average Bonchev–Trinajstić information content (AvgIpc) is 2.22. The molecule has 0 amide bonds. The predicted octanol–water partition coefficient (Wildman–Crippen LogP) is 3.72. The van der Waals surface area contributed by atoms with Crippen molar-refractivity contribution in [3.05, 3.63) is 0 Å². The molecule has 0 heterocycles. The minimum atomic E-state index is -0.0278. The number of rotatable bonds is 7. The Labute approximate surface area is 126 Å². The van der Waals surface area contributed by atoms with Gasteiger partial charge < -0.3 is 9.22 Å². The van der Waals surface area contributed by atoms with Crippen molar-refractivity contribution < 1.29 is 14.0 Å². The molecule has 0 spiro atoms. The van der Waals surface area contributed by atoms with Crippen LogP contribution in [-0.4, -0.2) is 44.7 Å². The molecule has 0 bridgehead atoms. The van der Waals surface area contributed by atoms with Crippen LogP contribution in [0, 0.1) is 16.7 Å². The quantitative estimate of drug-likeness (QED) is 0.526. The van der Waals surface area contributed by atoms with E-state index >= 15 is 0 Å². The fraction of sp³-hybridized carbons (Fsp3) is 0.941. The molecule has 120 valence electrons. The standard InChI is InChI=1S/C17H36NO2/c1-10-17(5,6)14(13-16(2,3)4)15(19)20-12-11-18(7,8)9/h14H,10-13H2,1-9H3/q+1. The number of likely N-dealkylation sites (N-methyl/N-ethyl adjacent to an activating group) is 1. The van der Waals surface area contributed by atoms with Crippen LogP contribution in [0.4, 0.5) is 0 Å². The SMILES string of the molecule is CCC(C)(C)C(CC(C)(C)C)C(=O)OCC[N+](C)(C)C. The Kier molecular flexibility index (Phi) is 6.73. The van der Waals surface area contributed by atoms with Crippen molar-refractivity contribution in [1.29, 1.82) is 0 Å². The fourth-order valence-corrected chi connectivity index (χ4v) is 2.06. The Hall–Kier alpha value is -0.570. The molecule has 0 rings (SSSR count). The third-order valence-corrected chi connectivity index (χ3v) is 3.96. The molecule has 20 heavy (non-hydrogen) atoms. The molecule has 0 saturated carbocycles. The highest BCUT2D eigenvalue weighted by atomic mass is 16.5. The van der Waals surface area contributed by atoms with Crippen molar-refractivity contribution in [2.24, 2.45) is 16.7 Å². The highest BCUT2D eigenvalue weighted by Crippen LogP contribution is 2.39. The molecule has 0 radical (unpaired) electrons. The molecule has 3 heteroatoms. The van der Waals surface area contributed by atoms with Crippen molar-refractivity contribution in [2.45, 2.75) is 54.4 Å². The van der Waals surface area contributed by atoms with Gasteiger partial charge in [0.1, 0.15) is 13.2 Å². The number of hydrogen-bond acceptors (Lipinski definition) is 2. The van der Waals surface area contributed by atoms with Gasteiger partial charge in [0.05, 0.1) is 27.1 Å². The van der Waals surface area contributed by atoms with Crippen LogP contribution in [0.2, 0.25) is 0 Å². The Balaban J connectivity index is 4.74. The third-order valence-electron chi connectivity index (χ3n) is 3.96. The molecule has 3 nitrogen and oxygen atoms in total. The van der Waals surface area contributed by atoms with Gasteiger partial charge in [0.2, 0.25) is 0 Å². The molecule has 0 aliphatic rings. The summed E-state index contributed by atoms with van der Waals surface area (Å²) in [7, 11) is 6.32. The molecule has 0 aromatic rings. The van der Waals surface area contributed by atoms with E-state index in [0.717, 1.165) is 23.9 Å². The van der Waals surface area contributed by atoms with Crippen molar-refractivity contribution in [1.82, 2.24) is 0 Å². The van der Waals surface area contributed by atoms with Crippen LogP contribution in [-0.2, 0) is 9.53 Å². The Morgan fingerprint density at radius 1 is 1.10 bits per heavy atom. The lowest BCUT2D eigenvalue weighted by molar-refractivity contribution is -0.870. The van der Waals surface area contributed by atoms with Gasteiger partial charge >= 0.3 is 5.97 Å². The largest absolute Gasteiger partial charge is 0.459 e. The molecule has 0 saturated heterocycles. The van der Waals surface area contributed by atoms with Gasteiger partial charge in [-0.2, -0.15) is 0 Å². The van der Waals surface area contributed by atoms with E-state index in [2.05, 4.69) is 62.7 Å². The van der Waals surface area contributed by atoms with E-state index in [-0.39, 0.29) is 22.7 Å². The molecule has 0 aliphatic heterocycles. The Morgan fingerprint density at radius 2 is 1.60 bits per heavy atom. The van der Waals surface area contributed by atoms with Crippen LogP contribution in [0.3, 0.4) is 0 Å². The van der Waals surface area contributed by atoms with Crippen LogP contribution < -0.4 is 0 Å². The van der Waals surface area contributed by atoms with Crippen molar-refractivity contribution in [2.75, 3.05) is 34.3 Å². The lowest BCUT2D eigenvalue weighted by Crippen LogP contribution is -2.40. The molecular weight excluding hydrogens is 250 g/mol. The summed E-state index contributed by atoms with van der Waals surface area (Å²) in [5.74, 6) is -0.0554. The molecule has 0 aliphatic carbocycles.